The van der Waals surface area contributed by atoms with Gasteiger partial charge in [0.15, 0.2) is 0 Å². The van der Waals surface area contributed by atoms with E-state index in [-0.39, 0.29) is 24.8 Å². The lowest BCUT2D eigenvalue weighted by molar-refractivity contribution is -0.141. The van der Waals surface area contributed by atoms with Gasteiger partial charge in [-0.2, -0.15) is 0 Å². The van der Waals surface area contributed by atoms with Crippen molar-refractivity contribution in [3.8, 4) is 0 Å². The molecule has 53 valence electrons. The minimum atomic E-state index is -0.354. The second kappa shape index (κ2) is 3.24. The molecule has 4 nitrogen and oxygen atoms in total. The summed E-state index contributed by atoms with van der Waals surface area (Å²) in [6.07, 6.45) is 1.07. The minimum Gasteiger partial charge on any atom is -0.500 e. The van der Waals surface area contributed by atoms with Gasteiger partial charge in [-0.15, -0.1) is 0 Å². The zero-order valence-corrected chi connectivity index (χ0v) is 5.33. The van der Waals surface area contributed by atoms with Crippen molar-refractivity contribution in [1.29, 1.82) is 0 Å². The van der Waals surface area contributed by atoms with Gasteiger partial charge in [0.05, 0.1) is 0 Å². The zero-order chi connectivity index (χ0) is 7.40. The maximum Gasteiger partial charge on any atom is 0.662 e. The van der Waals surface area contributed by atoms with Gasteiger partial charge in [0.1, 0.15) is 0 Å². The third kappa shape index (κ3) is 2.09. The van der Waals surface area contributed by atoms with Crippen molar-refractivity contribution in [3.05, 3.63) is 0 Å². The first kappa shape index (κ1) is 7.12. The summed E-state index contributed by atoms with van der Waals surface area (Å²) in [6.45, 7) is 0. The lowest BCUT2D eigenvalue weighted by Gasteiger charge is -2.07. The van der Waals surface area contributed by atoms with Gasteiger partial charge in [-0.3, -0.25) is 9.59 Å². The Morgan fingerprint density at radius 2 is 1.60 bits per heavy atom. The van der Waals surface area contributed by atoms with E-state index in [4.69, 9.17) is 0 Å². The molecule has 0 unspecified atom stereocenters. The molecule has 5 heteroatoms. The van der Waals surface area contributed by atoms with Crippen LogP contribution in [0.15, 0.2) is 0 Å². The lowest BCUT2D eigenvalue weighted by atomic mass is 10.2. The van der Waals surface area contributed by atoms with Crippen molar-refractivity contribution in [2.45, 2.75) is 19.3 Å². The van der Waals surface area contributed by atoms with Crippen molar-refractivity contribution >= 4 is 19.6 Å². The Balaban J connectivity index is 2.34. The Morgan fingerprint density at radius 1 is 1.10 bits per heavy atom. The molecule has 0 atom stereocenters. The van der Waals surface area contributed by atoms with Gasteiger partial charge in [-0.25, -0.2) is 0 Å². The summed E-state index contributed by atoms with van der Waals surface area (Å²) in [5, 5.41) is 0. The number of hydrogen-bond acceptors (Lipinski definition) is 4. The molecule has 0 bridgehead atoms. The van der Waals surface area contributed by atoms with Crippen LogP contribution in [0.1, 0.15) is 19.3 Å². The fourth-order valence-electron chi connectivity index (χ4n) is 0.626. The second-order valence-electron chi connectivity index (χ2n) is 1.93. The molecule has 1 heterocycles. The molecule has 0 amide bonds. The van der Waals surface area contributed by atoms with Crippen molar-refractivity contribution < 1.29 is 18.9 Å². The highest BCUT2D eigenvalue weighted by atomic mass is 16.6. The highest BCUT2D eigenvalue weighted by molar-refractivity contribution is 6.26. The summed E-state index contributed by atoms with van der Waals surface area (Å²) in [5.41, 5.74) is 0. The average Bonchev–Trinajstić information content (AvgIpc) is 1.84. The van der Waals surface area contributed by atoms with E-state index in [9.17, 15) is 9.59 Å². The maximum absolute atomic E-state index is 10.5. The van der Waals surface area contributed by atoms with Gasteiger partial charge in [0, 0.05) is 12.8 Å². The van der Waals surface area contributed by atoms with Crippen LogP contribution in [0, 0.1) is 0 Å². The van der Waals surface area contributed by atoms with Crippen LogP contribution in [0.4, 0.5) is 0 Å². The highest BCUT2D eigenvalue weighted by Crippen LogP contribution is 2.02. The Kier molecular flexibility index (Phi) is 2.31. The average molecular weight is 141 g/mol. The van der Waals surface area contributed by atoms with Gasteiger partial charge >= 0.3 is 7.69 Å². The lowest BCUT2D eigenvalue weighted by Crippen LogP contribution is -2.19. The number of rotatable bonds is 0. The molecule has 1 saturated heterocycles. The topological polar surface area (TPSA) is 52.6 Å². The molecule has 1 aliphatic rings. The van der Waals surface area contributed by atoms with Gasteiger partial charge in [0.2, 0.25) is 0 Å². The molecule has 1 fully saturated rings. The molecule has 0 aromatic carbocycles. The largest absolute Gasteiger partial charge is 0.662 e. The van der Waals surface area contributed by atoms with Gasteiger partial charge in [-0.1, -0.05) is 0 Å². The van der Waals surface area contributed by atoms with E-state index in [0.717, 1.165) is 7.69 Å². The van der Waals surface area contributed by atoms with E-state index in [2.05, 4.69) is 9.31 Å². The molecule has 1 radical (unpaired) electrons. The Labute approximate surface area is 58.8 Å². The monoisotopic (exact) mass is 141 g/mol. The smallest absolute Gasteiger partial charge is 0.500 e. The van der Waals surface area contributed by atoms with Crippen LogP contribution in [0.2, 0.25) is 0 Å². The van der Waals surface area contributed by atoms with Crippen LogP contribution in [0.25, 0.3) is 0 Å². The van der Waals surface area contributed by atoms with E-state index in [1.807, 2.05) is 0 Å². The van der Waals surface area contributed by atoms with Crippen molar-refractivity contribution in [1.82, 2.24) is 0 Å². The minimum absolute atomic E-state index is 0.283. The Hall–Kier alpha value is -0.995. The highest BCUT2D eigenvalue weighted by Gasteiger charge is 2.14. The third-order valence-corrected chi connectivity index (χ3v) is 1.12. The van der Waals surface area contributed by atoms with Gasteiger partial charge in [0.25, 0.3) is 11.9 Å². The first-order valence-corrected chi connectivity index (χ1v) is 3.00. The van der Waals surface area contributed by atoms with Crippen LogP contribution in [-0.4, -0.2) is 19.6 Å². The molecule has 0 aromatic rings. The summed E-state index contributed by atoms with van der Waals surface area (Å²) in [6, 6.07) is 0. The first-order chi connectivity index (χ1) is 4.79. The fraction of sp³-hybridized carbons (Fsp3) is 0.600. The van der Waals surface area contributed by atoms with E-state index in [0.29, 0.717) is 6.42 Å². The summed E-state index contributed by atoms with van der Waals surface area (Å²) in [7, 11) is 0.782. The number of carbonyl (C=O) groups excluding carboxylic acids is 2. The molecule has 1 aliphatic heterocycles. The summed E-state index contributed by atoms with van der Waals surface area (Å²) >= 11 is 0. The first-order valence-electron chi connectivity index (χ1n) is 3.00. The van der Waals surface area contributed by atoms with Gasteiger partial charge < -0.3 is 9.31 Å². The number of hydrogen-bond donors (Lipinski definition) is 0. The fourth-order valence-corrected chi connectivity index (χ4v) is 0.626. The third-order valence-electron chi connectivity index (χ3n) is 1.12. The normalized spacial score (nSPS) is 19.6. The predicted octanol–water partition coefficient (Wildman–Crippen LogP) is -0.209. The van der Waals surface area contributed by atoms with Crippen molar-refractivity contribution in [3.63, 3.8) is 0 Å². The van der Waals surface area contributed by atoms with E-state index in [1.165, 1.54) is 0 Å². The van der Waals surface area contributed by atoms with E-state index < -0.39 is 0 Å². The molecule has 0 N–H and O–H groups in total. The molecule has 0 saturated carbocycles. The predicted molar refractivity (Wildman–Crippen MR) is 31.8 cm³/mol. The zero-order valence-electron chi connectivity index (χ0n) is 5.33. The SMILES string of the molecule is O=C1CCCC(=O)O[B]O1. The molecular formula is C5H6BO4. The Morgan fingerprint density at radius 3 is 2.10 bits per heavy atom. The molecule has 0 aromatic heterocycles. The molecule has 1 rings (SSSR count). The second-order valence-corrected chi connectivity index (χ2v) is 1.93. The summed E-state index contributed by atoms with van der Waals surface area (Å²) in [5.74, 6) is -0.708. The maximum atomic E-state index is 10.5. The van der Waals surface area contributed by atoms with E-state index in [1.54, 1.807) is 0 Å². The van der Waals surface area contributed by atoms with Crippen molar-refractivity contribution in [2.75, 3.05) is 0 Å². The van der Waals surface area contributed by atoms with Crippen LogP contribution in [0.5, 0.6) is 0 Å². The Bertz CT molecular complexity index is 126. The van der Waals surface area contributed by atoms with E-state index >= 15 is 0 Å². The molecule has 0 spiro atoms. The molecule has 10 heavy (non-hydrogen) atoms. The van der Waals surface area contributed by atoms with Crippen LogP contribution in [-0.2, 0) is 18.9 Å². The summed E-state index contributed by atoms with van der Waals surface area (Å²) in [4.78, 5) is 21.0. The molecule has 0 aliphatic carbocycles. The van der Waals surface area contributed by atoms with Crippen LogP contribution < -0.4 is 0 Å². The standard InChI is InChI=1S/C5H6BO4/c7-4-2-1-3-5(8)10-6-9-4/h1-3H2. The van der Waals surface area contributed by atoms with Crippen LogP contribution >= 0.6 is 0 Å². The van der Waals surface area contributed by atoms with Crippen molar-refractivity contribution in [2.24, 2.45) is 0 Å². The quantitative estimate of drug-likeness (QED) is 0.438. The summed E-state index contributed by atoms with van der Waals surface area (Å²) < 4.78 is 8.69. The number of carbonyl (C=O) groups is 2. The van der Waals surface area contributed by atoms with Gasteiger partial charge in [-0.05, 0) is 6.42 Å². The van der Waals surface area contributed by atoms with Crippen LogP contribution in [0.3, 0.4) is 0 Å². The molecular weight excluding hydrogens is 135 g/mol.